The van der Waals surface area contributed by atoms with E-state index in [1.807, 2.05) is 0 Å². The van der Waals surface area contributed by atoms with Gasteiger partial charge in [-0.2, -0.15) is 0 Å². The van der Waals surface area contributed by atoms with E-state index in [9.17, 15) is 22.8 Å². The summed E-state index contributed by atoms with van der Waals surface area (Å²) in [5, 5.41) is 0. The number of hydrogen-bond donors (Lipinski definition) is 0. The summed E-state index contributed by atoms with van der Waals surface area (Å²) in [5.74, 6) is -2.46. The molecular formula is C17H13BrF3NO4. The van der Waals surface area contributed by atoms with E-state index in [0.29, 0.717) is 5.56 Å². The van der Waals surface area contributed by atoms with Crippen molar-refractivity contribution in [1.82, 2.24) is 0 Å². The standard InChI is InChI=1S/C17H13BrF3NO4/c1-25-16(24)15(23)22(10-11-2-4-12(18)5-3-11)13-6-8-14(9-7-13)26-17(19,20)21/h2-9H,10H2,1H3. The molecule has 0 unspecified atom stereocenters. The van der Waals surface area contributed by atoms with Gasteiger partial charge in [0.05, 0.1) is 13.7 Å². The fraction of sp³-hybridized carbons (Fsp3) is 0.176. The minimum Gasteiger partial charge on any atom is -0.462 e. The largest absolute Gasteiger partial charge is 0.573 e. The van der Waals surface area contributed by atoms with Crippen LogP contribution >= 0.6 is 15.9 Å². The predicted octanol–water partition coefficient (Wildman–Crippen LogP) is 4.05. The molecule has 0 bridgehead atoms. The minimum absolute atomic E-state index is 0.0285. The van der Waals surface area contributed by atoms with Gasteiger partial charge in [0.25, 0.3) is 0 Å². The van der Waals surface area contributed by atoms with Crippen LogP contribution in [0, 0.1) is 0 Å². The molecule has 0 aliphatic rings. The zero-order chi connectivity index (χ0) is 19.3. The highest BCUT2D eigenvalue weighted by atomic mass is 79.9. The third-order valence-electron chi connectivity index (χ3n) is 3.24. The SMILES string of the molecule is COC(=O)C(=O)N(Cc1ccc(Br)cc1)c1ccc(OC(F)(F)F)cc1. The Kier molecular flexibility index (Phi) is 6.25. The van der Waals surface area contributed by atoms with Crippen molar-refractivity contribution in [3.8, 4) is 5.75 Å². The van der Waals surface area contributed by atoms with Gasteiger partial charge in [-0.25, -0.2) is 4.79 Å². The molecule has 0 heterocycles. The lowest BCUT2D eigenvalue weighted by Crippen LogP contribution is -2.36. The van der Waals surface area contributed by atoms with Crippen LogP contribution in [0.5, 0.6) is 5.75 Å². The number of rotatable bonds is 4. The predicted molar refractivity (Wildman–Crippen MR) is 90.5 cm³/mol. The molecule has 26 heavy (non-hydrogen) atoms. The Morgan fingerprint density at radius 2 is 1.62 bits per heavy atom. The van der Waals surface area contributed by atoms with E-state index >= 15 is 0 Å². The third-order valence-corrected chi connectivity index (χ3v) is 3.77. The van der Waals surface area contributed by atoms with Crippen molar-refractivity contribution in [3.63, 3.8) is 0 Å². The van der Waals surface area contributed by atoms with Crippen LogP contribution in [-0.4, -0.2) is 25.3 Å². The molecule has 0 aliphatic carbocycles. The van der Waals surface area contributed by atoms with E-state index in [4.69, 9.17) is 0 Å². The molecule has 0 atom stereocenters. The number of methoxy groups -OCH3 is 1. The summed E-state index contributed by atoms with van der Waals surface area (Å²) >= 11 is 3.29. The Morgan fingerprint density at radius 1 is 1.04 bits per heavy atom. The quantitative estimate of drug-likeness (QED) is 0.541. The molecule has 0 N–H and O–H groups in total. The molecule has 1 amide bonds. The van der Waals surface area contributed by atoms with E-state index in [2.05, 4.69) is 25.4 Å². The van der Waals surface area contributed by atoms with Crippen molar-refractivity contribution in [2.45, 2.75) is 12.9 Å². The van der Waals surface area contributed by atoms with Crippen molar-refractivity contribution in [2.75, 3.05) is 12.0 Å². The van der Waals surface area contributed by atoms with Gasteiger partial charge in [0.15, 0.2) is 0 Å². The van der Waals surface area contributed by atoms with Crippen LogP contribution in [0.2, 0.25) is 0 Å². The molecule has 9 heteroatoms. The molecule has 0 saturated heterocycles. The van der Waals surface area contributed by atoms with Gasteiger partial charge in [0.1, 0.15) is 5.75 Å². The first kappa shape index (κ1) is 19.8. The molecule has 0 fully saturated rings. The summed E-state index contributed by atoms with van der Waals surface area (Å²) < 4.78 is 45.8. The smallest absolute Gasteiger partial charge is 0.462 e. The third kappa shape index (κ3) is 5.48. The number of amides is 1. The second-order valence-electron chi connectivity index (χ2n) is 5.05. The van der Waals surface area contributed by atoms with E-state index in [-0.39, 0.29) is 12.2 Å². The topological polar surface area (TPSA) is 55.8 Å². The van der Waals surface area contributed by atoms with Crippen LogP contribution in [-0.2, 0) is 20.9 Å². The molecule has 0 saturated carbocycles. The molecule has 0 radical (unpaired) electrons. The summed E-state index contributed by atoms with van der Waals surface area (Å²) in [4.78, 5) is 25.0. The molecule has 0 spiro atoms. The Balaban J connectivity index is 2.29. The maximum absolute atomic E-state index is 12.3. The van der Waals surface area contributed by atoms with Crippen molar-refractivity contribution in [3.05, 3.63) is 58.6 Å². The second kappa shape index (κ2) is 8.22. The number of benzene rings is 2. The summed E-state index contributed by atoms with van der Waals surface area (Å²) in [5.41, 5.74) is 0.930. The average molecular weight is 432 g/mol. The van der Waals surface area contributed by atoms with Gasteiger partial charge in [0.2, 0.25) is 0 Å². The molecular weight excluding hydrogens is 419 g/mol. The van der Waals surface area contributed by atoms with E-state index < -0.39 is 24.0 Å². The van der Waals surface area contributed by atoms with Gasteiger partial charge in [0, 0.05) is 10.2 Å². The number of ether oxygens (including phenoxy) is 2. The fourth-order valence-corrected chi connectivity index (χ4v) is 2.34. The number of anilines is 1. The number of halogens is 4. The van der Waals surface area contributed by atoms with Gasteiger partial charge in [-0.15, -0.1) is 13.2 Å². The average Bonchev–Trinajstić information content (AvgIpc) is 2.59. The van der Waals surface area contributed by atoms with Crippen LogP contribution in [0.1, 0.15) is 5.56 Å². The monoisotopic (exact) mass is 431 g/mol. The molecule has 138 valence electrons. The summed E-state index contributed by atoms with van der Waals surface area (Å²) in [6, 6.07) is 11.6. The Morgan fingerprint density at radius 3 is 2.12 bits per heavy atom. The van der Waals surface area contributed by atoms with Gasteiger partial charge >= 0.3 is 18.2 Å². The van der Waals surface area contributed by atoms with Crippen molar-refractivity contribution in [2.24, 2.45) is 0 Å². The van der Waals surface area contributed by atoms with Gasteiger partial charge in [-0.1, -0.05) is 28.1 Å². The van der Waals surface area contributed by atoms with Gasteiger partial charge < -0.3 is 9.47 Å². The molecule has 5 nitrogen and oxygen atoms in total. The lowest BCUT2D eigenvalue weighted by Gasteiger charge is -2.22. The maximum atomic E-state index is 12.3. The zero-order valence-corrected chi connectivity index (χ0v) is 15.0. The molecule has 0 aromatic heterocycles. The van der Waals surface area contributed by atoms with Crippen LogP contribution in [0.15, 0.2) is 53.0 Å². The number of hydrogen-bond acceptors (Lipinski definition) is 4. The van der Waals surface area contributed by atoms with E-state index in [0.717, 1.165) is 28.6 Å². The number of carbonyl (C=O) groups excluding carboxylic acids is 2. The Labute approximate surface area is 155 Å². The van der Waals surface area contributed by atoms with Gasteiger partial charge in [-0.05, 0) is 42.0 Å². The van der Waals surface area contributed by atoms with Crippen molar-refractivity contribution < 1.29 is 32.2 Å². The number of esters is 1. The first-order valence-corrected chi connectivity index (χ1v) is 7.99. The first-order chi connectivity index (χ1) is 12.2. The maximum Gasteiger partial charge on any atom is 0.573 e. The first-order valence-electron chi connectivity index (χ1n) is 7.19. The van der Waals surface area contributed by atoms with Gasteiger partial charge in [-0.3, -0.25) is 9.69 Å². The molecule has 2 aromatic carbocycles. The highest BCUT2D eigenvalue weighted by Gasteiger charge is 2.31. The Bertz CT molecular complexity index is 776. The molecule has 2 aromatic rings. The second-order valence-corrected chi connectivity index (χ2v) is 5.97. The number of alkyl halides is 3. The van der Waals surface area contributed by atoms with Crippen molar-refractivity contribution >= 4 is 33.5 Å². The lowest BCUT2D eigenvalue weighted by atomic mass is 10.2. The minimum atomic E-state index is -4.82. The lowest BCUT2D eigenvalue weighted by molar-refractivity contribution is -0.274. The summed E-state index contributed by atoms with van der Waals surface area (Å²) in [6.07, 6.45) is -4.82. The van der Waals surface area contributed by atoms with Crippen LogP contribution in [0.4, 0.5) is 18.9 Å². The van der Waals surface area contributed by atoms with E-state index in [1.54, 1.807) is 24.3 Å². The van der Waals surface area contributed by atoms with Crippen LogP contribution < -0.4 is 9.64 Å². The molecule has 0 aliphatic heterocycles. The van der Waals surface area contributed by atoms with Crippen LogP contribution in [0.3, 0.4) is 0 Å². The van der Waals surface area contributed by atoms with Crippen molar-refractivity contribution in [1.29, 1.82) is 0 Å². The van der Waals surface area contributed by atoms with E-state index in [1.165, 1.54) is 12.1 Å². The fourth-order valence-electron chi connectivity index (χ4n) is 2.08. The van der Waals surface area contributed by atoms with Crippen LogP contribution in [0.25, 0.3) is 0 Å². The molecule has 2 rings (SSSR count). The summed E-state index contributed by atoms with van der Waals surface area (Å²) in [6.45, 7) is 0.0285. The summed E-state index contributed by atoms with van der Waals surface area (Å²) in [7, 11) is 1.07. The zero-order valence-electron chi connectivity index (χ0n) is 13.4. The number of nitrogens with zero attached hydrogens (tertiary/aromatic N) is 1. The normalized spacial score (nSPS) is 11.0. The number of carbonyl (C=O) groups is 2. The highest BCUT2D eigenvalue weighted by Crippen LogP contribution is 2.26. The Hall–Kier alpha value is -2.55. The highest BCUT2D eigenvalue weighted by molar-refractivity contribution is 9.10.